The van der Waals surface area contributed by atoms with Gasteiger partial charge in [0.1, 0.15) is 5.75 Å². The van der Waals surface area contributed by atoms with Gasteiger partial charge < -0.3 is 10.1 Å². The van der Waals surface area contributed by atoms with E-state index in [0.29, 0.717) is 5.92 Å². The van der Waals surface area contributed by atoms with Crippen LogP contribution in [0.5, 0.6) is 5.75 Å². The first-order valence-electron chi connectivity index (χ1n) is 6.64. The van der Waals surface area contributed by atoms with Gasteiger partial charge >= 0.3 is 6.61 Å². The number of rotatable bonds is 5. The molecule has 0 spiro atoms. The molecule has 0 atom stereocenters. The van der Waals surface area contributed by atoms with Crippen LogP contribution >= 0.6 is 0 Å². The quantitative estimate of drug-likeness (QED) is 0.882. The molecule has 1 heterocycles. The summed E-state index contributed by atoms with van der Waals surface area (Å²) in [4.78, 5) is 4.55. The molecule has 2 rings (SSSR count). The van der Waals surface area contributed by atoms with Gasteiger partial charge in [0.2, 0.25) is 0 Å². The molecule has 3 nitrogen and oxygen atoms in total. The van der Waals surface area contributed by atoms with Crippen molar-refractivity contribution in [1.82, 2.24) is 4.98 Å². The number of fused-ring (bicyclic) bond motifs is 1. The van der Waals surface area contributed by atoms with Gasteiger partial charge in [-0.15, -0.1) is 0 Å². The summed E-state index contributed by atoms with van der Waals surface area (Å²) in [6.45, 7) is 4.05. The predicted octanol–water partition coefficient (Wildman–Crippen LogP) is 4.39. The molecule has 0 aliphatic rings. The smallest absolute Gasteiger partial charge is 0.387 e. The third-order valence-corrected chi connectivity index (χ3v) is 2.98. The lowest BCUT2D eigenvalue weighted by Gasteiger charge is -2.13. The molecule has 0 aliphatic heterocycles. The number of aromatic nitrogens is 1. The summed E-state index contributed by atoms with van der Waals surface area (Å²) in [6, 6.07) is 6.78. The largest absolute Gasteiger partial charge is 0.435 e. The van der Waals surface area contributed by atoms with E-state index in [1.54, 1.807) is 12.1 Å². The van der Waals surface area contributed by atoms with Crippen molar-refractivity contribution >= 4 is 16.6 Å². The van der Waals surface area contributed by atoms with Crippen LogP contribution in [0.2, 0.25) is 0 Å². The van der Waals surface area contributed by atoms with Crippen LogP contribution in [0.4, 0.5) is 14.5 Å². The minimum atomic E-state index is -2.82. The average molecular weight is 280 g/mol. The third kappa shape index (κ3) is 3.15. The van der Waals surface area contributed by atoms with Crippen LogP contribution < -0.4 is 10.1 Å². The van der Waals surface area contributed by atoms with Crippen molar-refractivity contribution in [2.45, 2.75) is 33.3 Å². The standard InChI is InChI=1S/C15H18F2N2O/c1-4-18-14-8-13(9(2)3)19-12-6-5-10(7-11(12)14)20-15(16)17/h5-9,15H,4H2,1-3H3,(H,18,19). The Kier molecular flexibility index (Phi) is 4.37. The summed E-state index contributed by atoms with van der Waals surface area (Å²) in [7, 11) is 0. The van der Waals surface area contributed by atoms with Gasteiger partial charge in [0.15, 0.2) is 0 Å². The van der Waals surface area contributed by atoms with E-state index in [-0.39, 0.29) is 5.75 Å². The summed E-state index contributed by atoms with van der Waals surface area (Å²) in [5.74, 6) is 0.444. The number of pyridine rings is 1. The normalized spacial score (nSPS) is 11.3. The molecule has 0 radical (unpaired) electrons. The maximum atomic E-state index is 12.3. The highest BCUT2D eigenvalue weighted by atomic mass is 19.3. The van der Waals surface area contributed by atoms with Gasteiger partial charge in [0, 0.05) is 23.3 Å². The van der Waals surface area contributed by atoms with Crippen LogP contribution in [0, 0.1) is 0 Å². The fourth-order valence-electron chi connectivity index (χ4n) is 2.03. The first-order chi connectivity index (χ1) is 9.51. The topological polar surface area (TPSA) is 34.2 Å². The summed E-state index contributed by atoms with van der Waals surface area (Å²) >= 11 is 0. The molecule has 1 aromatic heterocycles. The molecule has 0 saturated heterocycles. The minimum absolute atomic E-state index is 0.144. The van der Waals surface area contributed by atoms with Crippen molar-refractivity contribution < 1.29 is 13.5 Å². The van der Waals surface area contributed by atoms with Gasteiger partial charge in [-0.1, -0.05) is 13.8 Å². The summed E-state index contributed by atoms with van der Waals surface area (Å²) in [5.41, 5.74) is 2.63. The predicted molar refractivity (Wildman–Crippen MR) is 76.6 cm³/mol. The number of alkyl halides is 2. The molecule has 108 valence electrons. The lowest BCUT2D eigenvalue weighted by atomic mass is 10.1. The summed E-state index contributed by atoms with van der Waals surface area (Å²) in [5, 5.41) is 4.03. The average Bonchev–Trinajstić information content (AvgIpc) is 2.38. The summed E-state index contributed by atoms with van der Waals surface area (Å²) in [6.07, 6.45) is 0. The van der Waals surface area contributed by atoms with Crippen LogP contribution in [-0.2, 0) is 0 Å². The number of ether oxygens (including phenoxy) is 1. The molecule has 0 saturated carbocycles. The molecule has 0 amide bonds. The zero-order valence-corrected chi connectivity index (χ0v) is 11.8. The molecule has 0 aliphatic carbocycles. The number of hydrogen-bond donors (Lipinski definition) is 1. The van der Waals surface area contributed by atoms with Gasteiger partial charge in [-0.05, 0) is 37.1 Å². The Labute approximate surface area is 117 Å². The van der Waals surface area contributed by atoms with Crippen molar-refractivity contribution in [3.8, 4) is 5.75 Å². The molecule has 20 heavy (non-hydrogen) atoms. The van der Waals surface area contributed by atoms with Crippen molar-refractivity contribution in [2.75, 3.05) is 11.9 Å². The number of halogens is 2. The van der Waals surface area contributed by atoms with E-state index in [1.807, 2.05) is 13.0 Å². The van der Waals surface area contributed by atoms with Crippen LogP contribution in [0.1, 0.15) is 32.4 Å². The van der Waals surface area contributed by atoms with E-state index in [9.17, 15) is 8.78 Å². The highest BCUT2D eigenvalue weighted by Gasteiger charge is 2.11. The first-order valence-corrected chi connectivity index (χ1v) is 6.64. The second kappa shape index (κ2) is 6.03. The number of benzene rings is 1. The van der Waals surface area contributed by atoms with Crippen LogP contribution in [-0.4, -0.2) is 18.1 Å². The van der Waals surface area contributed by atoms with Gasteiger partial charge in [-0.3, -0.25) is 4.98 Å². The van der Waals surface area contributed by atoms with Crippen molar-refractivity contribution in [2.24, 2.45) is 0 Å². The Bertz CT molecular complexity index is 600. The molecule has 1 N–H and O–H groups in total. The number of hydrogen-bond acceptors (Lipinski definition) is 3. The molecule has 0 fully saturated rings. The lowest BCUT2D eigenvalue weighted by molar-refractivity contribution is -0.0497. The highest BCUT2D eigenvalue weighted by Crippen LogP contribution is 2.30. The Hall–Kier alpha value is -1.91. The Morgan fingerprint density at radius 1 is 1.25 bits per heavy atom. The second-order valence-corrected chi connectivity index (χ2v) is 4.84. The molecule has 1 aromatic carbocycles. The molecule has 2 aromatic rings. The van der Waals surface area contributed by atoms with Gasteiger partial charge in [0.05, 0.1) is 5.52 Å². The monoisotopic (exact) mass is 280 g/mol. The zero-order chi connectivity index (χ0) is 14.7. The SMILES string of the molecule is CCNc1cc(C(C)C)nc2ccc(OC(F)F)cc12. The summed E-state index contributed by atoms with van der Waals surface area (Å²) < 4.78 is 29.0. The maximum absolute atomic E-state index is 12.3. The fraction of sp³-hybridized carbons (Fsp3) is 0.400. The van der Waals surface area contributed by atoms with Crippen molar-refractivity contribution in [1.29, 1.82) is 0 Å². The fourth-order valence-corrected chi connectivity index (χ4v) is 2.03. The van der Waals surface area contributed by atoms with Gasteiger partial charge in [0.25, 0.3) is 0 Å². The molecular formula is C15H18F2N2O. The Balaban J connectivity index is 2.54. The van der Waals surface area contributed by atoms with E-state index < -0.39 is 6.61 Å². The third-order valence-electron chi connectivity index (χ3n) is 2.98. The van der Waals surface area contributed by atoms with E-state index in [4.69, 9.17) is 0 Å². The number of anilines is 1. The van der Waals surface area contributed by atoms with Crippen molar-refractivity contribution in [3.63, 3.8) is 0 Å². The second-order valence-electron chi connectivity index (χ2n) is 4.84. The molecular weight excluding hydrogens is 262 g/mol. The van der Waals surface area contributed by atoms with Crippen molar-refractivity contribution in [3.05, 3.63) is 30.0 Å². The van der Waals surface area contributed by atoms with E-state index in [2.05, 4.69) is 28.9 Å². The lowest BCUT2D eigenvalue weighted by Crippen LogP contribution is -2.04. The number of nitrogens with one attached hydrogen (secondary N) is 1. The Morgan fingerprint density at radius 2 is 2.00 bits per heavy atom. The van der Waals surface area contributed by atoms with E-state index in [0.717, 1.165) is 28.8 Å². The maximum Gasteiger partial charge on any atom is 0.387 e. The molecule has 0 unspecified atom stereocenters. The van der Waals surface area contributed by atoms with Crippen LogP contribution in [0.3, 0.4) is 0 Å². The number of nitrogens with zero attached hydrogens (tertiary/aromatic N) is 1. The van der Waals surface area contributed by atoms with Crippen LogP contribution in [0.15, 0.2) is 24.3 Å². The van der Waals surface area contributed by atoms with Gasteiger partial charge in [-0.2, -0.15) is 8.78 Å². The first kappa shape index (κ1) is 14.5. The van der Waals surface area contributed by atoms with E-state index in [1.165, 1.54) is 6.07 Å². The highest BCUT2D eigenvalue weighted by molar-refractivity contribution is 5.92. The zero-order valence-electron chi connectivity index (χ0n) is 11.8. The Morgan fingerprint density at radius 3 is 2.60 bits per heavy atom. The minimum Gasteiger partial charge on any atom is -0.435 e. The van der Waals surface area contributed by atoms with Gasteiger partial charge in [-0.25, -0.2) is 0 Å². The van der Waals surface area contributed by atoms with Crippen LogP contribution in [0.25, 0.3) is 10.9 Å². The van der Waals surface area contributed by atoms with E-state index >= 15 is 0 Å². The molecule has 5 heteroatoms. The molecule has 0 bridgehead atoms.